The summed E-state index contributed by atoms with van der Waals surface area (Å²) in [6.07, 6.45) is 0.200. The third kappa shape index (κ3) is 5.44. The maximum atomic E-state index is 13.0. The SMILES string of the molecule is CC(C)(C)OC(=O)N1CC(N(Cc2nnc(C3CCC4CN3C(=O)N4O)o2)C(=O)OC(C)(C)C)C1. The Kier molecular flexibility index (Phi) is 6.32. The zero-order valence-electron chi connectivity index (χ0n) is 21.1. The van der Waals surface area contributed by atoms with Gasteiger partial charge in [0, 0.05) is 19.6 Å². The predicted molar refractivity (Wildman–Crippen MR) is 119 cm³/mol. The minimum atomic E-state index is -0.713. The summed E-state index contributed by atoms with van der Waals surface area (Å²) in [5.74, 6) is 0.450. The molecule has 2 atom stereocenters. The van der Waals surface area contributed by atoms with Crippen molar-refractivity contribution < 1.29 is 33.5 Å². The molecule has 0 aliphatic carbocycles. The Bertz CT molecular complexity index is 978. The van der Waals surface area contributed by atoms with Crippen molar-refractivity contribution in [2.45, 2.75) is 90.3 Å². The molecule has 0 spiro atoms. The van der Waals surface area contributed by atoms with Gasteiger partial charge in [-0.2, -0.15) is 0 Å². The third-order valence-electron chi connectivity index (χ3n) is 6.00. The highest BCUT2D eigenvalue weighted by Crippen LogP contribution is 2.37. The van der Waals surface area contributed by atoms with Gasteiger partial charge in [-0.15, -0.1) is 10.2 Å². The van der Waals surface area contributed by atoms with Crippen molar-refractivity contribution in [1.29, 1.82) is 0 Å². The predicted octanol–water partition coefficient (Wildman–Crippen LogP) is 2.76. The van der Waals surface area contributed by atoms with E-state index in [9.17, 15) is 19.6 Å². The highest BCUT2D eigenvalue weighted by molar-refractivity contribution is 5.76. The molecule has 3 aliphatic heterocycles. The van der Waals surface area contributed by atoms with Crippen LogP contribution >= 0.6 is 0 Å². The average Bonchev–Trinajstić information content (AvgIpc) is 3.23. The van der Waals surface area contributed by atoms with E-state index in [4.69, 9.17) is 13.9 Å². The van der Waals surface area contributed by atoms with Gasteiger partial charge >= 0.3 is 18.2 Å². The first-order valence-corrected chi connectivity index (χ1v) is 11.8. The highest BCUT2D eigenvalue weighted by atomic mass is 16.6. The fourth-order valence-electron chi connectivity index (χ4n) is 4.31. The molecule has 3 saturated heterocycles. The summed E-state index contributed by atoms with van der Waals surface area (Å²) < 4.78 is 16.8. The van der Waals surface area contributed by atoms with Crippen molar-refractivity contribution in [3.8, 4) is 0 Å². The van der Waals surface area contributed by atoms with Crippen LogP contribution in [-0.4, -0.2) is 96.3 Å². The number of carbonyl (C=O) groups excluding carboxylic acids is 3. The summed E-state index contributed by atoms with van der Waals surface area (Å²) in [6, 6.07) is -1.45. The number of nitrogens with zero attached hydrogens (tertiary/aromatic N) is 6. The number of hydrogen-bond acceptors (Lipinski definition) is 9. The fourth-order valence-corrected chi connectivity index (χ4v) is 4.31. The Morgan fingerprint density at radius 2 is 1.71 bits per heavy atom. The molecule has 0 radical (unpaired) electrons. The van der Waals surface area contributed by atoms with Crippen molar-refractivity contribution in [3.05, 3.63) is 11.8 Å². The molecule has 13 heteroatoms. The van der Waals surface area contributed by atoms with Crippen molar-refractivity contribution in [3.63, 3.8) is 0 Å². The molecular weight excluding hydrogens is 460 g/mol. The maximum Gasteiger partial charge on any atom is 0.411 e. The van der Waals surface area contributed by atoms with Gasteiger partial charge in [0.25, 0.3) is 0 Å². The van der Waals surface area contributed by atoms with E-state index >= 15 is 0 Å². The molecule has 1 aromatic heterocycles. The Balaban J connectivity index is 1.45. The lowest BCUT2D eigenvalue weighted by atomic mass is 10.0. The van der Waals surface area contributed by atoms with Gasteiger partial charge in [-0.3, -0.25) is 10.1 Å². The van der Waals surface area contributed by atoms with E-state index in [0.717, 1.165) is 5.06 Å². The molecule has 35 heavy (non-hydrogen) atoms. The van der Waals surface area contributed by atoms with E-state index in [-0.39, 0.29) is 43.5 Å². The van der Waals surface area contributed by atoms with Gasteiger partial charge in [0.15, 0.2) is 0 Å². The van der Waals surface area contributed by atoms with Gasteiger partial charge in [-0.25, -0.2) is 19.4 Å². The molecule has 194 valence electrons. The third-order valence-corrected chi connectivity index (χ3v) is 6.00. The smallest absolute Gasteiger partial charge is 0.411 e. The van der Waals surface area contributed by atoms with Crippen LogP contribution < -0.4 is 0 Å². The molecule has 2 bridgehead atoms. The Hall–Kier alpha value is -3.09. The normalized spacial score (nSPS) is 22.8. The van der Waals surface area contributed by atoms with Crippen LogP contribution in [0.1, 0.15) is 72.2 Å². The van der Waals surface area contributed by atoms with Crippen molar-refractivity contribution in [1.82, 2.24) is 30.0 Å². The summed E-state index contributed by atoms with van der Waals surface area (Å²) in [5, 5.41) is 18.9. The zero-order chi connectivity index (χ0) is 25.7. The molecule has 0 aromatic carbocycles. The number of carbonyl (C=O) groups is 3. The average molecular weight is 495 g/mol. The molecule has 3 aliphatic rings. The molecule has 1 aromatic rings. The number of piperidine rings is 1. The lowest BCUT2D eigenvalue weighted by Crippen LogP contribution is -2.63. The van der Waals surface area contributed by atoms with E-state index in [1.807, 2.05) is 0 Å². The Morgan fingerprint density at radius 1 is 1.06 bits per heavy atom. The second-order valence-corrected chi connectivity index (χ2v) is 11.2. The summed E-state index contributed by atoms with van der Waals surface area (Å²) in [4.78, 5) is 42.1. The minimum absolute atomic E-state index is 0.00977. The number of amides is 4. The van der Waals surface area contributed by atoms with Crippen LogP contribution in [-0.2, 0) is 16.0 Å². The number of rotatable bonds is 4. The van der Waals surface area contributed by atoms with E-state index in [1.54, 1.807) is 41.5 Å². The largest absolute Gasteiger partial charge is 0.444 e. The monoisotopic (exact) mass is 494 g/mol. The van der Waals surface area contributed by atoms with Crippen LogP contribution in [0.3, 0.4) is 0 Å². The molecule has 0 saturated carbocycles. The second-order valence-electron chi connectivity index (χ2n) is 11.2. The van der Waals surface area contributed by atoms with Crippen molar-refractivity contribution in [2.24, 2.45) is 0 Å². The minimum Gasteiger partial charge on any atom is -0.444 e. The van der Waals surface area contributed by atoms with Gasteiger partial charge in [0.05, 0.1) is 12.1 Å². The van der Waals surface area contributed by atoms with E-state index in [1.165, 1.54) is 14.7 Å². The lowest BCUT2D eigenvalue weighted by molar-refractivity contribution is -0.0584. The summed E-state index contributed by atoms with van der Waals surface area (Å²) >= 11 is 0. The molecule has 13 nitrogen and oxygen atoms in total. The van der Waals surface area contributed by atoms with E-state index in [0.29, 0.717) is 19.4 Å². The van der Waals surface area contributed by atoms with Gasteiger partial charge in [-0.1, -0.05) is 0 Å². The second kappa shape index (κ2) is 8.85. The van der Waals surface area contributed by atoms with E-state index < -0.39 is 35.5 Å². The molecule has 4 rings (SSSR count). The van der Waals surface area contributed by atoms with Gasteiger partial charge < -0.3 is 23.7 Å². The quantitative estimate of drug-likeness (QED) is 0.625. The van der Waals surface area contributed by atoms with Gasteiger partial charge in [0.2, 0.25) is 11.8 Å². The van der Waals surface area contributed by atoms with Crippen LogP contribution in [0, 0.1) is 0 Å². The van der Waals surface area contributed by atoms with Gasteiger partial charge in [0.1, 0.15) is 23.8 Å². The number of fused-ring (bicyclic) bond motifs is 2. The standard InChI is InChI=1S/C22H34N6O7/c1-21(2,3)34-19(30)25-9-14(10-25)26(20(31)35-22(4,5)6)12-16-23-24-17(33-16)15-8-7-13-11-27(15)18(29)28(13)32/h13-15,32H,7-12H2,1-6H3. The van der Waals surface area contributed by atoms with Gasteiger partial charge in [-0.05, 0) is 54.4 Å². The first-order valence-electron chi connectivity index (χ1n) is 11.8. The van der Waals surface area contributed by atoms with Crippen LogP contribution in [0.25, 0.3) is 0 Å². The Labute approximate surface area is 203 Å². The number of urea groups is 1. The number of hydrogen-bond donors (Lipinski definition) is 1. The molecule has 4 amide bonds. The molecule has 2 unspecified atom stereocenters. The number of likely N-dealkylation sites (tertiary alicyclic amines) is 1. The molecule has 3 fully saturated rings. The van der Waals surface area contributed by atoms with Crippen LogP contribution in [0.4, 0.5) is 14.4 Å². The molecular formula is C22H34N6O7. The Morgan fingerprint density at radius 3 is 2.34 bits per heavy atom. The number of ether oxygens (including phenoxy) is 2. The lowest BCUT2D eigenvalue weighted by Gasteiger charge is -2.44. The van der Waals surface area contributed by atoms with Crippen molar-refractivity contribution >= 4 is 18.2 Å². The molecule has 1 N–H and O–H groups in total. The summed E-state index contributed by atoms with van der Waals surface area (Å²) in [7, 11) is 0. The van der Waals surface area contributed by atoms with Crippen LogP contribution in [0.15, 0.2) is 4.42 Å². The summed E-state index contributed by atoms with van der Waals surface area (Å²) in [5.41, 5.74) is -1.33. The zero-order valence-corrected chi connectivity index (χ0v) is 21.1. The van der Waals surface area contributed by atoms with E-state index in [2.05, 4.69) is 10.2 Å². The first kappa shape index (κ1) is 25.0. The fraction of sp³-hybridized carbons (Fsp3) is 0.773. The number of hydroxylamine groups is 2. The summed E-state index contributed by atoms with van der Waals surface area (Å²) in [6.45, 7) is 11.7. The topological polar surface area (TPSA) is 142 Å². The maximum absolute atomic E-state index is 13.0. The molecule has 4 heterocycles. The van der Waals surface area contributed by atoms with Crippen molar-refractivity contribution in [2.75, 3.05) is 19.6 Å². The first-order chi connectivity index (χ1) is 16.2. The van der Waals surface area contributed by atoms with Crippen LogP contribution in [0.5, 0.6) is 0 Å². The highest BCUT2D eigenvalue weighted by Gasteiger charge is 2.47. The number of aromatic nitrogens is 2. The van der Waals surface area contributed by atoms with Crippen LogP contribution in [0.2, 0.25) is 0 Å².